The molecule has 0 saturated heterocycles. The van der Waals surface area contributed by atoms with Crippen molar-refractivity contribution in [1.82, 2.24) is 0 Å². The minimum absolute atomic E-state index is 0.184. The summed E-state index contributed by atoms with van der Waals surface area (Å²) in [5, 5.41) is 9.17. The van der Waals surface area contributed by atoms with E-state index in [2.05, 4.69) is 0 Å². The van der Waals surface area contributed by atoms with Crippen molar-refractivity contribution in [3.05, 3.63) is 40.2 Å². The summed E-state index contributed by atoms with van der Waals surface area (Å²) in [7, 11) is 0. The van der Waals surface area contributed by atoms with Gasteiger partial charge in [-0.1, -0.05) is 0 Å². The van der Waals surface area contributed by atoms with Gasteiger partial charge in [0.15, 0.2) is 5.43 Å². The first-order valence-electron chi connectivity index (χ1n) is 6.13. The van der Waals surface area contributed by atoms with Crippen LogP contribution in [-0.2, 0) is 4.74 Å². The molecule has 0 aliphatic rings. The van der Waals surface area contributed by atoms with E-state index in [0.717, 1.165) is 6.07 Å². The van der Waals surface area contributed by atoms with Crippen molar-refractivity contribution >= 4 is 16.9 Å². The number of fused-ring (bicyclic) bond motifs is 1. The molecular weight excluding hydrogens is 264 g/mol. The SMILES string of the molecule is CCOCCOc1ccc2c(=O)cc(C(=O)O)oc2c1. The Balaban J connectivity index is 2.28. The van der Waals surface area contributed by atoms with E-state index in [9.17, 15) is 9.59 Å². The summed E-state index contributed by atoms with van der Waals surface area (Å²) in [6.07, 6.45) is 0. The zero-order valence-corrected chi connectivity index (χ0v) is 10.9. The van der Waals surface area contributed by atoms with Crippen LogP contribution < -0.4 is 10.2 Å². The van der Waals surface area contributed by atoms with Crippen LogP contribution in [0.4, 0.5) is 0 Å². The summed E-state index contributed by atoms with van der Waals surface area (Å²) in [6, 6.07) is 5.63. The Morgan fingerprint density at radius 3 is 2.80 bits per heavy atom. The fourth-order valence-corrected chi connectivity index (χ4v) is 1.69. The average Bonchev–Trinajstić information content (AvgIpc) is 2.43. The van der Waals surface area contributed by atoms with Gasteiger partial charge in [0.1, 0.15) is 17.9 Å². The maximum absolute atomic E-state index is 11.7. The maximum atomic E-state index is 11.7. The molecule has 1 aromatic heterocycles. The van der Waals surface area contributed by atoms with Gasteiger partial charge in [0, 0.05) is 18.7 Å². The molecule has 0 fully saturated rings. The fourth-order valence-electron chi connectivity index (χ4n) is 1.69. The van der Waals surface area contributed by atoms with Gasteiger partial charge in [-0.2, -0.15) is 0 Å². The monoisotopic (exact) mass is 278 g/mol. The minimum Gasteiger partial charge on any atom is -0.491 e. The molecule has 0 saturated carbocycles. The first-order valence-corrected chi connectivity index (χ1v) is 6.13. The van der Waals surface area contributed by atoms with E-state index in [-0.39, 0.29) is 5.58 Å². The Labute approximate surface area is 114 Å². The predicted molar refractivity (Wildman–Crippen MR) is 71.4 cm³/mol. The number of carboxylic acid groups (broad SMARTS) is 1. The number of aromatic carboxylic acids is 1. The van der Waals surface area contributed by atoms with Crippen molar-refractivity contribution in [3.8, 4) is 5.75 Å². The highest BCUT2D eigenvalue weighted by atomic mass is 16.5. The maximum Gasteiger partial charge on any atom is 0.371 e. The average molecular weight is 278 g/mol. The Morgan fingerprint density at radius 2 is 2.10 bits per heavy atom. The van der Waals surface area contributed by atoms with Crippen LogP contribution >= 0.6 is 0 Å². The van der Waals surface area contributed by atoms with Crippen LogP contribution in [0.25, 0.3) is 11.0 Å². The lowest BCUT2D eigenvalue weighted by Gasteiger charge is -2.07. The summed E-state index contributed by atoms with van der Waals surface area (Å²) in [6.45, 7) is 3.31. The van der Waals surface area contributed by atoms with E-state index >= 15 is 0 Å². The number of carboxylic acids is 1. The van der Waals surface area contributed by atoms with Crippen molar-refractivity contribution in [3.63, 3.8) is 0 Å². The van der Waals surface area contributed by atoms with Crippen molar-refractivity contribution < 1.29 is 23.8 Å². The van der Waals surface area contributed by atoms with Gasteiger partial charge in [-0.15, -0.1) is 0 Å². The van der Waals surface area contributed by atoms with Gasteiger partial charge in [-0.05, 0) is 19.1 Å². The van der Waals surface area contributed by atoms with E-state index in [1.165, 1.54) is 6.07 Å². The molecule has 106 valence electrons. The number of ether oxygens (including phenoxy) is 2. The van der Waals surface area contributed by atoms with Crippen molar-refractivity contribution in [2.45, 2.75) is 6.92 Å². The molecule has 0 atom stereocenters. The highest BCUT2D eigenvalue weighted by Crippen LogP contribution is 2.19. The second kappa shape index (κ2) is 6.21. The van der Waals surface area contributed by atoms with E-state index in [4.69, 9.17) is 19.0 Å². The molecule has 1 heterocycles. The van der Waals surface area contributed by atoms with E-state index in [1.807, 2.05) is 6.92 Å². The van der Waals surface area contributed by atoms with Gasteiger partial charge in [0.05, 0.1) is 12.0 Å². The highest BCUT2D eigenvalue weighted by molar-refractivity contribution is 5.87. The third-order valence-corrected chi connectivity index (χ3v) is 2.61. The number of carbonyl (C=O) groups is 1. The lowest BCUT2D eigenvalue weighted by atomic mass is 10.2. The largest absolute Gasteiger partial charge is 0.491 e. The molecule has 0 aliphatic carbocycles. The molecule has 0 amide bonds. The molecule has 1 aromatic carbocycles. The van der Waals surface area contributed by atoms with Crippen LogP contribution in [0.5, 0.6) is 5.75 Å². The molecule has 0 bridgehead atoms. The zero-order chi connectivity index (χ0) is 14.5. The summed E-state index contributed by atoms with van der Waals surface area (Å²) >= 11 is 0. The number of benzene rings is 1. The fraction of sp³-hybridized carbons (Fsp3) is 0.286. The second-order valence-corrected chi connectivity index (χ2v) is 3.98. The highest BCUT2D eigenvalue weighted by Gasteiger charge is 2.11. The van der Waals surface area contributed by atoms with Gasteiger partial charge in [-0.3, -0.25) is 4.79 Å². The summed E-state index contributed by atoms with van der Waals surface area (Å²) in [5.74, 6) is -1.19. The van der Waals surface area contributed by atoms with E-state index in [0.29, 0.717) is 31.0 Å². The molecular formula is C14H14O6. The predicted octanol–water partition coefficient (Wildman–Crippen LogP) is 1.91. The summed E-state index contributed by atoms with van der Waals surface area (Å²) in [5.41, 5.74) is -0.215. The smallest absolute Gasteiger partial charge is 0.371 e. The first kappa shape index (κ1) is 14.1. The molecule has 2 aromatic rings. The van der Waals surface area contributed by atoms with Crippen LogP contribution in [0.2, 0.25) is 0 Å². The summed E-state index contributed by atoms with van der Waals surface area (Å²) < 4.78 is 15.7. The third kappa shape index (κ3) is 3.16. The Kier molecular flexibility index (Phi) is 4.37. The van der Waals surface area contributed by atoms with Crippen LogP contribution in [0.3, 0.4) is 0 Å². The van der Waals surface area contributed by atoms with Crippen molar-refractivity contribution in [2.75, 3.05) is 19.8 Å². The van der Waals surface area contributed by atoms with Gasteiger partial charge in [0.2, 0.25) is 5.76 Å². The molecule has 0 unspecified atom stereocenters. The zero-order valence-electron chi connectivity index (χ0n) is 10.9. The van der Waals surface area contributed by atoms with Crippen molar-refractivity contribution in [2.24, 2.45) is 0 Å². The van der Waals surface area contributed by atoms with Crippen LogP contribution in [-0.4, -0.2) is 30.9 Å². The lowest BCUT2D eigenvalue weighted by molar-refractivity contribution is 0.0663. The molecule has 0 radical (unpaired) electrons. The van der Waals surface area contributed by atoms with E-state index in [1.54, 1.807) is 12.1 Å². The summed E-state index contributed by atoms with van der Waals surface area (Å²) in [4.78, 5) is 22.6. The van der Waals surface area contributed by atoms with Gasteiger partial charge in [0.25, 0.3) is 0 Å². The molecule has 0 aliphatic heterocycles. The Bertz CT molecular complexity index is 673. The number of hydrogen-bond acceptors (Lipinski definition) is 5. The van der Waals surface area contributed by atoms with E-state index < -0.39 is 17.2 Å². The molecule has 0 spiro atoms. The molecule has 1 N–H and O–H groups in total. The van der Waals surface area contributed by atoms with Crippen molar-refractivity contribution in [1.29, 1.82) is 0 Å². The Morgan fingerprint density at radius 1 is 1.30 bits per heavy atom. The van der Waals surface area contributed by atoms with Gasteiger partial charge in [-0.25, -0.2) is 4.79 Å². The first-order chi connectivity index (χ1) is 9.61. The number of hydrogen-bond donors (Lipinski definition) is 1. The molecule has 6 heteroatoms. The van der Waals surface area contributed by atoms with Crippen LogP contribution in [0, 0.1) is 0 Å². The lowest BCUT2D eigenvalue weighted by Crippen LogP contribution is -2.08. The van der Waals surface area contributed by atoms with Gasteiger partial charge < -0.3 is 19.0 Å². The second-order valence-electron chi connectivity index (χ2n) is 3.98. The van der Waals surface area contributed by atoms with Crippen LogP contribution in [0.15, 0.2) is 33.5 Å². The van der Waals surface area contributed by atoms with Gasteiger partial charge >= 0.3 is 5.97 Å². The Hall–Kier alpha value is -2.34. The molecule has 2 rings (SSSR count). The normalized spacial score (nSPS) is 10.7. The van der Waals surface area contributed by atoms with Crippen LogP contribution in [0.1, 0.15) is 17.5 Å². The quantitative estimate of drug-likeness (QED) is 0.812. The third-order valence-electron chi connectivity index (χ3n) is 2.61. The minimum atomic E-state index is -1.29. The molecule has 20 heavy (non-hydrogen) atoms. The number of rotatable bonds is 6. The standard InChI is InChI=1S/C14H14O6/c1-2-18-5-6-19-9-3-4-10-11(15)8-13(14(16)17)20-12(10)7-9/h3-4,7-8H,2,5-6H2,1H3,(H,16,17). The topological polar surface area (TPSA) is 86.0 Å². The molecule has 6 nitrogen and oxygen atoms in total.